The maximum Gasteiger partial charge on any atom is 0.313 e. The highest BCUT2D eigenvalue weighted by molar-refractivity contribution is 5.77. The predicted molar refractivity (Wildman–Crippen MR) is 62.9 cm³/mol. The summed E-state index contributed by atoms with van der Waals surface area (Å²) < 4.78 is 5.63. The van der Waals surface area contributed by atoms with Crippen LogP contribution in [0.3, 0.4) is 0 Å². The van der Waals surface area contributed by atoms with E-state index in [2.05, 4.69) is 0 Å². The third-order valence-electron chi connectivity index (χ3n) is 4.21. The molecule has 2 saturated carbocycles. The molecule has 2 aliphatic rings. The van der Waals surface area contributed by atoms with E-state index in [0.717, 1.165) is 38.5 Å². The number of esters is 1. The summed E-state index contributed by atoms with van der Waals surface area (Å²) in [5.74, 6) is -0.0124. The van der Waals surface area contributed by atoms with Crippen molar-refractivity contribution in [3.63, 3.8) is 0 Å². The third-order valence-corrected chi connectivity index (χ3v) is 4.21. The molecule has 0 amide bonds. The van der Waals surface area contributed by atoms with Crippen molar-refractivity contribution < 1.29 is 9.53 Å². The van der Waals surface area contributed by atoms with Gasteiger partial charge in [0.25, 0.3) is 0 Å². The molecule has 2 N–H and O–H groups in total. The minimum absolute atomic E-state index is 0.0124. The molecule has 0 bridgehead atoms. The minimum Gasteiger partial charge on any atom is -0.462 e. The highest BCUT2D eigenvalue weighted by Crippen LogP contribution is 2.37. The molecule has 0 aliphatic heterocycles. The molecule has 0 aromatic heterocycles. The fraction of sp³-hybridized carbons (Fsp3) is 0.923. The quantitative estimate of drug-likeness (QED) is 0.750. The Bertz CT molecular complexity index is 240. The Kier molecular flexibility index (Phi) is 3.85. The van der Waals surface area contributed by atoms with E-state index in [-0.39, 0.29) is 17.5 Å². The summed E-state index contributed by atoms with van der Waals surface area (Å²) >= 11 is 0. The van der Waals surface area contributed by atoms with E-state index in [1.165, 1.54) is 19.3 Å². The molecule has 0 aromatic carbocycles. The van der Waals surface area contributed by atoms with Crippen molar-refractivity contribution in [1.82, 2.24) is 0 Å². The molecule has 0 unspecified atom stereocenters. The van der Waals surface area contributed by atoms with Crippen molar-refractivity contribution in [1.29, 1.82) is 0 Å². The number of carbonyl (C=O) groups is 1. The first-order valence-corrected chi connectivity index (χ1v) is 6.68. The summed E-state index contributed by atoms with van der Waals surface area (Å²) in [7, 11) is 0. The van der Waals surface area contributed by atoms with Crippen LogP contribution in [0.1, 0.15) is 57.8 Å². The van der Waals surface area contributed by atoms with Crippen molar-refractivity contribution in [3.8, 4) is 0 Å². The second kappa shape index (κ2) is 5.17. The van der Waals surface area contributed by atoms with Gasteiger partial charge in [-0.1, -0.05) is 19.3 Å². The van der Waals surface area contributed by atoms with Crippen molar-refractivity contribution in [2.75, 3.05) is 6.54 Å². The summed E-state index contributed by atoms with van der Waals surface area (Å²) in [5.41, 5.74) is 5.47. The largest absolute Gasteiger partial charge is 0.462 e. The van der Waals surface area contributed by atoms with Gasteiger partial charge in [-0.05, 0) is 38.5 Å². The molecule has 0 saturated heterocycles. The van der Waals surface area contributed by atoms with Crippen molar-refractivity contribution in [2.24, 2.45) is 11.1 Å². The monoisotopic (exact) mass is 225 g/mol. The molecule has 3 nitrogen and oxygen atoms in total. The van der Waals surface area contributed by atoms with Crippen LogP contribution >= 0.6 is 0 Å². The van der Waals surface area contributed by atoms with Gasteiger partial charge < -0.3 is 10.5 Å². The zero-order chi connectivity index (χ0) is 11.4. The van der Waals surface area contributed by atoms with Crippen LogP contribution in [-0.2, 0) is 9.53 Å². The van der Waals surface area contributed by atoms with E-state index in [4.69, 9.17) is 10.5 Å². The van der Waals surface area contributed by atoms with Gasteiger partial charge in [0.15, 0.2) is 0 Å². The Balaban J connectivity index is 1.94. The molecule has 16 heavy (non-hydrogen) atoms. The molecular weight excluding hydrogens is 202 g/mol. The van der Waals surface area contributed by atoms with E-state index in [1.54, 1.807) is 0 Å². The molecule has 2 rings (SSSR count). The van der Waals surface area contributed by atoms with E-state index >= 15 is 0 Å². The molecule has 3 heteroatoms. The van der Waals surface area contributed by atoms with Gasteiger partial charge in [0.05, 0.1) is 5.41 Å². The SMILES string of the molecule is NCC1(C(=O)OC2CCCC2)CCCCC1. The van der Waals surface area contributed by atoms with Gasteiger partial charge in [-0.2, -0.15) is 0 Å². The van der Waals surface area contributed by atoms with Gasteiger partial charge >= 0.3 is 5.97 Å². The minimum atomic E-state index is -0.346. The maximum atomic E-state index is 12.2. The van der Waals surface area contributed by atoms with Gasteiger partial charge in [-0.25, -0.2) is 0 Å². The number of carbonyl (C=O) groups excluding carboxylic acids is 1. The van der Waals surface area contributed by atoms with E-state index < -0.39 is 0 Å². The molecule has 0 radical (unpaired) electrons. The molecular formula is C13H23NO2. The molecule has 2 aliphatic carbocycles. The fourth-order valence-electron chi connectivity index (χ4n) is 3.00. The lowest BCUT2D eigenvalue weighted by molar-refractivity contribution is -0.162. The number of nitrogens with two attached hydrogens (primary N) is 1. The zero-order valence-corrected chi connectivity index (χ0v) is 10.0. The van der Waals surface area contributed by atoms with Gasteiger partial charge in [0, 0.05) is 6.54 Å². The van der Waals surface area contributed by atoms with Crippen LogP contribution in [0.4, 0.5) is 0 Å². The first-order chi connectivity index (χ1) is 7.77. The van der Waals surface area contributed by atoms with E-state index in [9.17, 15) is 4.79 Å². The average molecular weight is 225 g/mol. The second-order valence-electron chi connectivity index (χ2n) is 5.36. The average Bonchev–Trinajstić information content (AvgIpc) is 2.82. The van der Waals surface area contributed by atoms with Crippen molar-refractivity contribution >= 4 is 5.97 Å². The van der Waals surface area contributed by atoms with Crippen molar-refractivity contribution in [3.05, 3.63) is 0 Å². The van der Waals surface area contributed by atoms with Gasteiger partial charge in [-0.3, -0.25) is 4.79 Å². The van der Waals surface area contributed by atoms with Gasteiger partial charge in [0.2, 0.25) is 0 Å². The lowest BCUT2D eigenvalue weighted by atomic mass is 9.74. The Labute approximate surface area is 97.7 Å². The van der Waals surface area contributed by atoms with Crippen molar-refractivity contribution in [2.45, 2.75) is 63.9 Å². The van der Waals surface area contributed by atoms with Gasteiger partial charge in [0.1, 0.15) is 6.10 Å². The molecule has 0 heterocycles. The molecule has 0 atom stereocenters. The molecule has 0 aromatic rings. The third kappa shape index (κ3) is 2.40. The molecule has 2 fully saturated rings. The summed E-state index contributed by atoms with van der Waals surface area (Å²) in [5, 5.41) is 0. The maximum absolute atomic E-state index is 12.2. The standard InChI is InChI=1S/C13H23NO2/c14-10-13(8-4-1-5-9-13)12(15)16-11-6-2-3-7-11/h11H,1-10,14H2. The summed E-state index contributed by atoms with van der Waals surface area (Å²) in [4.78, 5) is 12.2. The summed E-state index contributed by atoms with van der Waals surface area (Å²) in [6, 6.07) is 0. The predicted octanol–water partition coefficient (Wildman–Crippen LogP) is 2.38. The van der Waals surface area contributed by atoms with Crippen LogP contribution in [0.2, 0.25) is 0 Å². The topological polar surface area (TPSA) is 52.3 Å². The summed E-state index contributed by atoms with van der Waals surface area (Å²) in [6.07, 6.45) is 10.0. The first-order valence-electron chi connectivity index (χ1n) is 6.68. The highest BCUT2D eigenvalue weighted by atomic mass is 16.5. The zero-order valence-electron chi connectivity index (χ0n) is 10.0. The molecule has 0 spiro atoms. The lowest BCUT2D eigenvalue weighted by Gasteiger charge is -2.34. The number of rotatable bonds is 3. The Morgan fingerprint density at radius 2 is 1.75 bits per heavy atom. The Hall–Kier alpha value is -0.570. The smallest absolute Gasteiger partial charge is 0.313 e. The molecule has 92 valence electrons. The van der Waals surface area contributed by atoms with Crippen LogP contribution < -0.4 is 5.73 Å². The normalized spacial score (nSPS) is 25.6. The Morgan fingerprint density at radius 3 is 2.31 bits per heavy atom. The van der Waals surface area contributed by atoms with Crippen LogP contribution in [0, 0.1) is 5.41 Å². The van der Waals surface area contributed by atoms with Crippen LogP contribution in [0.5, 0.6) is 0 Å². The summed E-state index contributed by atoms with van der Waals surface area (Å²) in [6.45, 7) is 0.457. The first kappa shape index (κ1) is 11.9. The number of hydrogen-bond donors (Lipinski definition) is 1. The second-order valence-corrected chi connectivity index (χ2v) is 5.36. The van der Waals surface area contributed by atoms with Crippen LogP contribution in [0.25, 0.3) is 0 Å². The van der Waals surface area contributed by atoms with E-state index in [1.807, 2.05) is 0 Å². The fourth-order valence-corrected chi connectivity index (χ4v) is 3.00. The Morgan fingerprint density at radius 1 is 1.12 bits per heavy atom. The lowest BCUT2D eigenvalue weighted by Crippen LogP contribution is -2.42. The highest BCUT2D eigenvalue weighted by Gasteiger charge is 2.40. The van der Waals surface area contributed by atoms with Crippen LogP contribution in [0.15, 0.2) is 0 Å². The number of ether oxygens (including phenoxy) is 1. The van der Waals surface area contributed by atoms with Gasteiger partial charge in [-0.15, -0.1) is 0 Å². The van der Waals surface area contributed by atoms with Crippen LogP contribution in [-0.4, -0.2) is 18.6 Å². The van der Waals surface area contributed by atoms with E-state index in [0.29, 0.717) is 6.54 Å². The number of hydrogen-bond acceptors (Lipinski definition) is 3.